The van der Waals surface area contributed by atoms with E-state index >= 15 is 0 Å². The molecule has 3 rings (SSSR count). The van der Waals surface area contributed by atoms with Crippen LogP contribution < -0.4 is 0 Å². The lowest BCUT2D eigenvalue weighted by molar-refractivity contribution is -0.151. The molecule has 0 bridgehead atoms. The average molecular weight is 387 g/mol. The van der Waals surface area contributed by atoms with Gasteiger partial charge in [0.1, 0.15) is 0 Å². The fourth-order valence-corrected chi connectivity index (χ4v) is 4.38. The highest BCUT2D eigenvalue weighted by molar-refractivity contribution is 7.12. The maximum absolute atomic E-state index is 12.9. The van der Waals surface area contributed by atoms with Crippen LogP contribution in [0.5, 0.6) is 0 Å². The molecule has 2 aromatic rings. The molecule has 0 N–H and O–H groups in total. The fraction of sp³-hybridized carbons (Fsp3) is 0.476. The van der Waals surface area contributed by atoms with Crippen molar-refractivity contribution in [2.24, 2.45) is 5.92 Å². The van der Waals surface area contributed by atoms with E-state index in [1.807, 2.05) is 13.8 Å². The number of hydrogen-bond donors (Lipinski definition) is 0. The molecule has 1 atom stereocenters. The minimum Gasteiger partial charge on any atom is -0.466 e. The number of piperidine rings is 1. The van der Waals surface area contributed by atoms with Crippen molar-refractivity contribution in [1.29, 1.82) is 0 Å². The molecule has 1 fully saturated rings. The largest absolute Gasteiger partial charge is 0.466 e. The molecule has 1 aromatic carbocycles. The van der Waals surface area contributed by atoms with E-state index in [4.69, 9.17) is 4.74 Å². The SMILES string of the molecule is CCOC(=O)C1CCCN(C(=O)Cc2sc(C)nc2-c2ccc(C)cc2)C1. The highest BCUT2D eigenvalue weighted by Crippen LogP contribution is 2.29. The van der Waals surface area contributed by atoms with Crippen LogP contribution in [-0.2, 0) is 20.7 Å². The number of carbonyl (C=O) groups excluding carboxylic acids is 2. The number of thiazole rings is 1. The summed E-state index contributed by atoms with van der Waals surface area (Å²) in [5.41, 5.74) is 3.13. The van der Waals surface area contributed by atoms with Crippen LogP contribution in [0.1, 0.15) is 35.2 Å². The summed E-state index contributed by atoms with van der Waals surface area (Å²) in [5, 5.41) is 0.955. The quantitative estimate of drug-likeness (QED) is 0.734. The van der Waals surface area contributed by atoms with Crippen molar-refractivity contribution in [3.63, 3.8) is 0 Å². The number of ether oxygens (including phenoxy) is 1. The number of likely N-dealkylation sites (tertiary alicyclic amines) is 1. The van der Waals surface area contributed by atoms with Crippen LogP contribution >= 0.6 is 11.3 Å². The Labute approximate surface area is 164 Å². The number of carbonyl (C=O) groups is 2. The van der Waals surface area contributed by atoms with Gasteiger partial charge in [0.05, 0.1) is 29.6 Å². The molecular formula is C21H26N2O3S. The van der Waals surface area contributed by atoms with Gasteiger partial charge in [-0.3, -0.25) is 9.59 Å². The van der Waals surface area contributed by atoms with Gasteiger partial charge in [-0.15, -0.1) is 11.3 Å². The van der Waals surface area contributed by atoms with Crippen LogP contribution in [0.2, 0.25) is 0 Å². The molecule has 5 nitrogen and oxygen atoms in total. The molecular weight excluding hydrogens is 360 g/mol. The summed E-state index contributed by atoms with van der Waals surface area (Å²) < 4.78 is 5.13. The Hall–Kier alpha value is -2.21. The zero-order valence-corrected chi connectivity index (χ0v) is 17.0. The first kappa shape index (κ1) is 19.5. The fourth-order valence-electron chi connectivity index (χ4n) is 3.43. The number of aryl methyl sites for hydroxylation is 2. The Balaban J connectivity index is 1.72. The van der Waals surface area contributed by atoms with Gasteiger partial charge in [-0.25, -0.2) is 4.98 Å². The number of nitrogens with zero attached hydrogens (tertiary/aromatic N) is 2. The Morgan fingerprint density at radius 2 is 2.00 bits per heavy atom. The van der Waals surface area contributed by atoms with E-state index in [1.54, 1.807) is 16.2 Å². The number of benzene rings is 1. The molecule has 144 valence electrons. The Bertz CT molecular complexity index is 813. The van der Waals surface area contributed by atoms with Crippen molar-refractivity contribution in [2.45, 2.75) is 40.0 Å². The predicted octanol–water partition coefficient (Wildman–Crippen LogP) is 3.77. The van der Waals surface area contributed by atoms with Crippen molar-refractivity contribution in [2.75, 3.05) is 19.7 Å². The molecule has 0 aliphatic carbocycles. The van der Waals surface area contributed by atoms with Gasteiger partial charge in [-0.1, -0.05) is 29.8 Å². The summed E-state index contributed by atoms with van der Waals surface area (Å²) in [6.45, 7) is 7.36. The zero-order valence-electron chi connectivity index (χ0n) is 16.2. The normalized spacial score (nSPS) is 17.0. The van der Waals surface area contributed by atoms with Crippen LogP contribution in [0.3, 0.4) is 0 Å². The monoisotopic (exact) mass is 386 g/mol. The number of rotatable bonds is 5. The van der Waals surface area contributed by atoms with Crippen molar-refractivity contribution in [1.82, 2.24) is 9.88 Å². The van der Waals surface area contributed by atoms with Gasteiger partial charge in [0.2, 0.25) is 5.91 Å². The third-order valence-corrected chi connectivity index (χ3v) is 5.81. The highest BCUT2D eigenvalue weighted by atomic mass is 32.1. The van der Waals surface area contributed by atoms with E-state index in [-0.39, 0.29) is 17.8 Å². The lowest BCUT2D eigenvalue weighted by atomic mass is 9.97. The van der Waals surface area contributed by atoms with E-state index in [0.29, 0.717) is 26.1 Å². The molecule has 1 saturated heterocycles. The molecule has 0 saturated carbocycles. The average Bonchev–Trinajstić information content (AvgIpc) is 3.02. The number of esters is 1. The molecule has 1 amide bonds. The second-order valence-electron chi connectivity index (χ2n) is 6.98. The van der Waals surface area contributed by atoms with E-state index in [2.05, 4.69) is 36.2 Å². The topological polar surface area (TPSA) is 59.5 Å². The molecule has 1 aliphatic heterocycles. The maximum atomic E-state index is 12.9. The Kier molecular flexibility index (Phi) is 6.26. The molecule has 1 aromatic heterocycles. The number of hydrogen-bond acceptors (Lipinski definition) is 5. The van der Waals surface area contributed by atoms with E-state index < -0.39 is 0 Å². The standard InChI is InChI=1S/C21H26N2O3S/c1-4-26-21(25)17-6-5-11-23(13-17)19(24)12-18-20(22-15(3)27-18)16-9-7-14(2)8-10-16/h7-10,17H,4-6,11-13H2,1-3H3. The van der Waals surface area contributed by atoms with Gasteiger partial charge in [0.15, 0.2) is 0 Å². The lowest BCUT2D eigenvalue weighted by Crippen LogP contribution is -2.43. The van der Waals surface area contributed by atoms with Gasteiger partial charge in [0, 0.05) is 23.5 Å². The third-order valence-electron chi connectivity index (χ3n) is 4.84. The predicted molar refractivity (Wildman–Crippen MR) is 107 cm³/mol. The van der Waals surface area contributed by atoms with Crippen LogP contribution in [0.15, 0.2) is 24.3 Å². The maximum Gasteiger partial charge on any atom is 0.310 e. The molecule has 0 radical (unpaired) electrons. The zero-order chi connectivity index (χ0) is 19.4. The van der Waals surface area contributed by atoms with Gasteiger partial charge in [-0.2, -0.15) is 0 Å². The third kappa shape index (κ3) is 4.75. The van der Waals surface area contributed by atoms with Crippen LogP contribution in [0.25, 0.3) is 11.3 Å². The van der Waals surface area contributed by atoms with Crippen molar-refractivity contribution in [3.8, 4) is 11.3 Å². The van der Waals surface area contributed by atoms with Gasteiger partial charge in [0.25, 0.3) is 0 Å². The van der Waals surface area contributed by atoms with Gasteiger partial charge >= 0.3 is 5.97 Å². The minimum atomic E-state index is -0.206. The molecule has 6 heteroatoms. The summed E-state index contributed by atoms with van der Waals surface area (Å²) in [6.07, 6.45) is 1.95. The molecule has 0 spiro atoms. The van der Waals surface area contributed by atoms with Crippen molar-refractivity contribution >= 4 is 23.2 Å². The first-order chi connectivity index (χ1) is 13.0. The molecule has 1 aliphatic rings. The molecule has 1 unspecified atom stereocenters. The second kappa shape index (κ2) is 8.65. The van der Waals surface area contributed by atoms with E-state index in [9.17, 15) is 9.59 Å². The van der Waals surface area contributed by atoms with Crippen molar-refractivity contribution < 1.29 is 14.3 Å². The summed E-state index contributed by atoms with van der Waals surface area (Å²) >= 11 is 1.57. The summed E-state index contributed by atoms with van der Waals surface area (Å²) in [5.74, 6) is -0.340. The molecule has 27 heavy (non-hydrogen) atoms. The van der Waals surface area contributed by atoms with Gasteiger partial charge in [-0.05, 0) is 33.6 Å². The minimum absolute atomic E-state index is 0.0565. The lowest BCUT2D eigenvalue weighted by Gasteiger charge is -2.31. The van der Waals surface area contributed by atoms with E-state index in [0.717, 1.165) is 34.0 Å². The first-order valence-electron chi connectivity index (χ1n) is 9.45. The van der Waals surface area contributed by atoms with Crippen LogP contribution in [-0.4, -0.2) is 41.5 Å². The second-order valence-corrected chi connectivity index (χ2v) is 8.27. The van der Waals surface area contributed by atoms with Crippen LogP contribution in [0, 0.1) is 19.8 Å². The molecule has 2 heterocycles. The highest BCUT2D eigenvalue weighted by Gasteiger charge is 2.30. The first-order valence-corrected chi connectivity index (χ1v) is 10.3. The summed E-state index contributed by atoms with van der Waals surface area (Å²) in [7, 11) is 0. The van der Waals surface area contributed by atoms with Crippen molar-refractivity contribution in [3.05, 3.63) is 39.7 Å². The summed E-state index contributed by atoms with van der Waals surface area (Å²) in [6, 6.07) is 8.22. The van der Waals surface area contributed by atoms with Crippen LogP contribution in [0.4, 0.5) is 0 Å². The Morgan fingerprint density at radius 3 is 2.70 bits per heavy atom. The smallest absolute Gasteiger partial charge is 0.310 e. The van der Waals surface area contributed by atoms with E-state index in [1.165, 1.54) is 5.56 Å². The van der Waals surface area contributed by atoms with Gasteiger partial charge < -0.3 is 9.64 Å². The summed E-state index contributed by atoms with van der Waals surface area (Å²) in [4.78, 5) is 32.4. The number of amides is 1. The Morgan fingerprint density at radius 1 is 1.26 bits per heavy atom. The number of aromatic nitrogens is 1.